The molecule has 1 aromatic heterocycles. The van der Waals surface area contributed by atoms with Gasteiger partial charge in [-0.15, -0.1) is 0 Å². The Morgan fingerprint density at radius 2 is 1.96 bits per heavy atom. The predicted octanol–water partition coefficient (Wildman–Crippen LogP) is 4.31. The molecule has 1 aromatic carbocycles. The van der Waals surface area contributed by atoms with E-state index in [1.165, 1.54) is 0 Å². The Labute approximate surface area is 154 Å². The number of anilines is 1. The minimum absolute atomic E-state index is 0.0244. The number of benzene rings is 1. The highest BCUT2D eigenvalue weighted by atomic mass is 79.9. The summed E-state index contributed by atoms with van der Waals surface area (Å²) >= 11 is 9.52. The van der Waals surface area contributed by atoms with E-state index in [0.717, 1.165) is 4.47 Å². The summed E-state index contributed by atoms with van der Waals surface area (Å²) in [6.45, 7) is 6.38. The van der Waals surface area contributed by atoms with Crippen LogP contribution in [0.15, 0.2) is 34.9 Å². The van der Waals surface area contributed by atoms with Gasteiger partial charge in [-0.25, -0.2) is 0 Å². The first kappa shape index (κ1) is 18.5. The van der Waals surface area contributed by atoms with Gasteiger partial charge in [0.25, 0.3) is 11.8 Å². The number of hydrogen-bond acceptors (Lipinski definition) is 2. The Bertz CT molecular complexity index is 771. The molecule has 2 N–H and O–H groups in total. The predicted molar refractivity (Wildman–Crippen MR) is 99.8 cm³/mol. The van der Waals surface area contributed by atoms with Crippen molar-refractivity contribution in [3.63, 3.8) is 0 Å². The van der Waals surface area contributed by atoms with Crippen LogP contribution in [0.3, 0.4) is 0 Å². The van der Waals surface area contributed by atoms with Crippen molar-refractivity contribution in [3.8, 4) is 0 Å². The number of carbonyl (C=O) groups excluding carboxylic acids is 2. The highest BCUT2D eigenvalue weighted by Gasteiger charge is 2.16. The second-order valence-electron chi connectivity index (χ2n) is 5.61. The monoisotopic (exact) mass is 411 g/mol. The summed E-state index contributed by atoms with van der Waals surface area (Å²) in [6.07, 6.45) is 1.84. The third-order valence-corrected chi connectivity index (χ3v) is 4.10. The van der Waals surface area contributed by atoms with Crippen molar-refractivity contribution in [1.29, 1.82) is 0 Å². The number of rotatable bonds is 5. The van der Waals surface area contributed by atoms with E-state index in [1.54, 1.807) is 24.3 Å². The lowest BCUT2D eigenvalue weighted by Gasteiger charge is -2.12. The van der Waals surface area contributed by atoms with Gasteiger partial charge in [0, 0.05) is 28.8 Å². The summed E-state index contributed by atoms with van der Waals surface area (Å²) in [7, 11) is 0. The Kier molecular flexibility index (Phi) is 6.07. The average molecular weight is 413 g/mol. The molecule has 0 saturated heterocycles. The van der Waals surface area contributed by atoms with Gasteiger partial charge in [0.05, 0.1) is 10.7 Å². The molecule has 0 aliphatic rings. The third kappa shape index (κ3) is 4.39. The van der Waals surface area contributed by atoms with E-state index in [0.29, 0.717) is 28.5 Å². The fraction of sp³-hybridized carbons (Fsp3) is 0.294. The normalized spacial score (nSPS) is 10.8. The molecule has 0 unspecified atom stereocenters. The second kappa shape index (κ2) is 7.85. The van der Waals surface area contributed by atoms with Crippen LogP contribution in [0.1, 0.15) is 41.6 Å². The van der Waals surface area contributed by atoms with Crippen molar-refractivity contribution in [2.24, 2.45) is 0 Å². The van der Waals surface area contributed by atoms with Gasteiger partial charge >= 0.3 is 0 Å². The molecule has 7 heteroatoms. The number of aromatic nitrogens is 1. The van der Waals surface area contributed by atoms with Gasteiger partial charge < -0.3 is 15.2 Å². The average Bonchev–Trinajstić information content (AvgIpc) is 2.89. The maximum absolute atomic E-state index is 12.5. The number of amides is 2. The van der Waals surface area contributed by atoms with E-state index in [2.05, 4.69) is 26.6 Å². The van der Waals surface area contributed by atoms with Crippen LogP contribution in [0, 0.1) is 0 Å². The van der Waals surface area contributed by atoms with Gasteiger partial charge in [0.2, 0.25) is 0 Å². The van der Waals surface area contributed by atoms with Gasteiger partial charge in [0.1, 0.15) is 5.69 Å². The minimum atomic E-state index is -0.286. The molecule has 0 aliphatic carbocycles. The highest BCUT2D eigenvalue weighted by Crippen LogP contribution is 2.24. The zero-order chi connectivity index (χ0) is 17.9. The minimum Gasteiger partial charge on any atom is -0.350 e. The van der Waals surface area contributed by atoms with Crippen LogP contribution in [-0.4, -0.2) is 22.4 Å². The lowest BCUT2D eigenvalue weighted by atomic mass is 10.1. The number of nitrogens with one attached hydrogen (secondary N) is 2. The number of carbonyl (C=O) groups is 2. The molecule has 2 aromatic rings. The quantitative estimate of drug-likeness (QED) is 0.768. The van der Waals surface area contributed by atoms with Crippen molar-refractivity contribution >= 4 is 45.0 Å². The molecule has 0 fully saturated rings. The van der Waals surface area contributed by atoms with Crippen LogP contribution < -0.4 is 10.6 Å². The summed E-state index contributed by atoms with van der Waals surface area (Å²) in [5.41, 5.74) is 1.35. The van der Waals surface area contributed by atoms with E-state index in [-0.39, 0.29) is 17.9 Å². The van der Waals surface area contributed by atoms with Crippen molar-refractivity contribution in [1.82, 2.24) is 9.88 Å². The summed E-state index contributed by atoms with van der Waals surface area (Å²) in [5, 5.41) is 5.95. The Balaban J connectivity index is 2.25. The van der Waals surface area contributed by atoms with Crippen molar-refractivity contribution in [2.45, 2.75) is 33.4 Å². The molecule has 5 nitrogen and oxygen atoms in total. The zero-order valence-electron chi connectivity index (χ0n) is 13.7. The highest BCUT2D eigenvalue weighted by molar-refractivity contribution is 9.10. The van der Waals surface area contributed by atoms with Crippen LogP contribution in [0.2, 0.25) is 5.02 Å². The number of hydrogen-bond donors (Lipinski definition) is 2. The maximum Gasteiger partial charge on any atom is 0.272 e. The van der Waals surface area contributed by atoms with Gasteiger partial charge in [-0.1, -0.05) is 11.6 Å². The first-order valence-electron chi connectivity index (χ1n) is 7.59. The van der Waals surface area contributed by atoms with E-state index in [4.69, 9.17) is 11.6 Å². The molecule has 1 heterocycles. The molecule has 0 atom stereocenters. The van der Waals surface area contributed by atoms with Gasteiger partial charge in [-0.05, 0) is 61.0 Å². The maximum atomic E-state index is 12.5. The summed E-state index contributed by atoms with van der Waals surface area (Å²) in [6, 6.07) is 6.56. The smallest absolute Gasteiger partial charge is 0.272 e. The fourth-order valence-corrected chi connectivity index (χ4v) is 2.85. The number of nitrogens with zero attached hydrogens (tertiary/aromatic N) is 1. The van der Waals surface area contributed by atoms with Gasteiger partial charge in [-0.3, -0.25) is 9.59 Å². The standard InChI is InChI=1S/C17H19BrClN3O2/c1-4-22-9-12(18)8-15(22)17(24)21-14-7-11(5-6-13(14)19)16(23)20-10(2)3/h5-10H,4H2,1-3H3,(H,20,23)(H,21,24). The molecule has 0 aliphatic heterocycles. The lowest BCUT2D eigenvalue weighted by Crippen LogP contribution is -2.30. The summed E-state index contributed by atoms with van der Waals surface area (Å²) in [5.74, 6) is -0.497. The van der Waals surface area contributed by atoms with Gasteiger partial charge in [0.15, 0.2) is 0 Å². The number of halogens is 2. The summed E-state index contributed by atoms with van der Waals surface area (Å²) in [4.78, 5) is 24.6. The van der Waals surface area contributed by atoms with Crippen molar-refractivity contribution in [2.75, 3.05) is 5.32 Å². The molecule has 0 saturated carbocycles. The molecule has 0 bridgehead atoms. The third-order valence-electron chi connectivity index (χ3n) is 3.33. The largest absolute Gasteiger partial charge is 0.350 e. The molecule has 24 heavy (non-hydrogen) atoms. The second-order valence-corrected chi connectivity index (χ2v) is 6.93. The molecule has 2 rings (SSSR count). The van der Waals surface area contributed by atoms with E-state index in [1.807, 2.05) is 31.5 Å². The zero-order valence-corrected chi connectivity index (χ0v) is 16.0. The Morgan fingerprint density at radius 1 is 1.25 bits per heavy atom. The van der Waals surface area contributed by atoms with Crippen LogP contribution in [0.5, 0.6) is 0 Å². The van der Waals surface area contributed by atoms with Crippen LogP contribution in [0.25, 0.3) is 0 Å². The molecule has 0 radical (unpaired) electrons. The topological polar surface area (TPSA) is 63.1 Å². The first-order valence-corrected chi connectivity index (χ1v) is 8.76. The van der Waals surface area contributed by atoms with Crippen LogP contribution >= 0.6 is 27.5 Å². The van der Waals surface area contributed by atoms with Gasteiger partial charge in [-0.2, -0.15) is 0 Å². The first-order chi connectivity index (χ1) is 11.3. The van der Waals surface area contributed by atoms with Crippen molar-refractivity contribution in [3.05, 3.63) is 51.2 Å². The fourth-order valence-electron chi connectivity index (χ4n) is 2.22. The molecular formula is C17H19BrClN3O2. The summed E-state index contributed by atoms with van der Waals surface area (Å²) < 4.78 is 2.65. The lowest BCUT2D eigenvalue weighted by molar-refractivity contribution is 0.0941. The van der Waals surface area contributed by atoms with Crippen molar-refractivity contribution < 1.29 is 9.59 Å². The molecule has 128 valence electrons. The van der Waals surface area contributed by atoms with E-state index < -0.39 is 0 Å². The van der Waals surface area contributed by atoms with Crippen LogP contribution in [0.4, 0.5) is 5.69 Å². The molecule has 2 amide bonds. The van der Waals surface area contributed by atoms with E-state index >= 15 is 0 Å². The SMILES string of the molecule is CCn1cc(Br)cc1C(=O)Nc1cc(C(=O)NC(C)C)ccc1Cl. The van der Waals surface area contributed by atoms with Crippen LogP contribution in [-0.2, 0) is 6.54 Å². The molecule has 0 spiro atoms. The Hall–Kier alpha value is -1.79. The number of aryl methyl sites for hydroxylation is 1. The van der Waals surface area contributed by atoms with E-state index in [9.17, 15) is 9.59 Å². The Morgan fingerprint density at radius 3 is 2.58 bits per heavy atom. The molecular weight excluding hydrogens is 394 g/mol.